The number of nitrogens with zero attached hydrogens (tertiary/aromatic N) is 5. The van der Waals surface area contributed by atoms with E-state index < -0.39 is 6.04 Å². The summed E-state index contributed by atoms with van der Waals surface area (Å²) in [6, 6.07) is 7.06. The molecular weight excluding hydrogens is 376 g/mol. The molecule has 1 aliphatic heterocycles. The Labute approximate surface area is 167 Å². The highest BCUT2D eigenvalue weighted by molar-refractivity contribution is 5.80. The Balaban J connectivity index is 1.83. The zero-order chi connectivity index (χ0) is 20.2. The Bertz CT molecular complexity index is 1030. The minimum Gasteiger partial charge on any atom is -0.497 e. The van der Waals surface area contributed by atoms with E-state index in [2.05, 4.69) is 25.4 Å². The summed E-state index contributed by atoms with van der Waals surface area (Å²) in [7, 11) is 3.25. The molecule has 1 atom stereocenters. The molecule has 1 unspecified atom stereocenters. The maximum Gasteiger partial charge on any atom is 0.253 e. The van der Waals surface area contributed by atoms with E-state index in [9.17, 15) is 4.79 Å². The van der Waals surface area contributed by atoms with E-state index in [4.69, 9.17) is 14.2 Å². The van der Waals surface area contributed by atoms with Crippen molar-refractivity contribution in [2.75, 3.05) is 47.1 Å². The standard InChI is InChI=1S/C19H24N6O4/c1-27-8-7-25-18(21-22-23-25)17(24-5-9-29-10-6-24)15-12-13-11-14(28-2)3-4-16(13)20-19(15)26/h3-4,11-12,17H,5-10H2,1-2H3,(H,20,26). The van der Waals surface area contributed by atoms with Crippen molar-refractivity contribution in [3.8, 4) is 5.75 Å². The minimum atomic E-state index is -0.398. The van der Waals surface area contributed by atoms with Gasteiger partial charge in [-0.15, -0.1) is 5.10 Å². The van der Waals surface area contributed by atoms with Gasteiger partial charge in [-0.1, -0.05) is 0 Å². The Morgan fingerprint density at radius 2 is 2.07 bits per heavy atom. The lowest BCUT2D eigenvalue weighted by atomic mass is 10.0. The molecule has 1 aliphatic rings. The van der Waals surface area contributed by atoms with Crippen LogP contribution in [0.5, 0.6) is 5.75 Å². The lowest BCUT2D eigenvalue weighted by molar-refractivity contribution is 0.0211. The largest absolute Gasteiger partial charge is 0.497 e. The maximum atomic E-state index is 13.0. The van der Waals surface area contributed by atoms with Crippen molar-refractivity contribution in [2.24, 2.45) is 0 Å². The lowest BCUT2D eigenvalue weighted by Crippen LogP contribution is -2.42. The summed E-state index contributed by atoms with van der Waals surface area (Å²) >= 11 is 0. The molecule has 2 aromatic heterocycles. The van der Waals surface area contributed by atoms with Gasteiger partial charge in [0, 0.05) is 36.7 Å². The van der Waals surface area contributed by atoms with Crippen molar-refractivity contribution < 1.29 is 14.2 Å². The highest BCUT2D eigenvalue weighted by atomic mass is 16.5. The fourth-order valence-corrected chi connectivity index (χ4v) is 3.61. The second-order valence-corrected chi connectivity index (χ2v) is 6.81. The van der Waals surface area contributed by atoms with Crippen molar-refractivity contribution in [1.29, 1.82) is 0 Å². The first-order valence-electron chi connectivity index (χ1n) is 9.49. The number of pyridine rings is 1. The van der Waals surface area contributed by atoms with Gasteiger partial charge >= 0.3 is 0 Å². The molecule has 3 aromatic rings. The van der Waals surface area contributed by atoms with E-state index >= 15 is 0 Å². The van der Waals surface area contributed by atoms with Crippen molar-refractivity contribution in [3.63, 3.8) is 0 Å². The normalized spacial score (nSPS) is 16.2. The number of tetrazole rings is 1. The first kappa shape index (κ1) is 19.5. The number of aromatic amines is 1. The van der Waals surface area contributed by atoms with E-state index in [0.717, 1.165) is 16.7 Å². The van der Waals surface area contributed by atoms with Gasteiger partial charge in [0.15, 0.2) is 5.82 Å². The molecule has 10 nitrogen and oxygen atoms in total. The number of aromatic nitrogens is 5. The van der Waals surface area contributed by atoms with Gasteiger partial charge in [0.25, 0.3) is 5.56 Å². The van der Waals surface area contributed by atoms with Gasteiger partial charge in [0.2, 0.25) is 0 Å². The number of fused-ring (bicyclic) bond motifs is 1. The van der Waals surface area contributed by atoms with Gasteiger partial charge in [-0.3, -0.25) is 9.69 Å². The molecule has 0 bridgehead atoms. The molecule has 0 amide bonds. The predicted octanol–water partition coefficient (Wildman–Crippen LogP) is 0.591. The topological polar surface area (TPSA) is 107 Å². The molecule has 4 rings (SSSR count). The second kappa shape index (κ2) is 8.68. The number of methoxy groups -OCH3 is 2. The zero-order valence-corrected chi connectivity index (χ0v) is 16.5. The van der Waals surface area contributed by atoms with Gasteiger partial charge in [-0.05, 0) is 34.7 Å². The van der Waals surface area contributed by atoms with Crippen LogP contribution in [0.25, 0.3) is 10.9 Å². The number of hydrogen-bond donors (Lipinski definition) is 1. The molecule has 1 saturated heterocycles. The van der Waals surface area contributed by atoms with Crippen LogP contribution in [0.4, 0.5) is 0 Å². The SMILES string of the molecule is COCCn1nnnc1C(c1cc2cc(OC)ccc2[nH]c1=O)N1CCOCC1. The van der Waals surface area contributed by atoms with E-state index in [1.165, 1.54) is 0 Å². The summed E-state index contributed by atoms with van der Waals surface area (Å²) in [6.07, 6.45) is 0. The van der Waals surface area contributed by atoms with E-state index in [1.807, 2.05) is 24.3 Å². The van der Waals surface area contributed by atoms with Crippen LogP contribution in [-0.4, -0.2) is 77.2 Å². The number of benzene rings is 1. The molecule has 0 spiro atoms. The van der Waals surface area contributed by atoms with Crippen LogP contribution >= 0.6 is 0 Å². The average molecular weight is 400 g/mol. The molecule has 0 radical (unpaired) electrons. The first-order chi connectivity index (χ1) is 14.2. The molecule has 154 valence electrons. The summed E-state index contributed by atoms with van der Waals surface area (Å²) in [5.74, 6) is 1.33. The summed E-state index contributed by atoms with van der Waals surface area (Å²) < 4.78 is 17.7. The average Bonchev–Trinajstić information content (AvgIpc) is 3.21. The molecular formula is C19H24N6O4. The minimum absolute atomic E-state index is 0.166. The van der Waals surface area contributed by atoms with Crippen LogP contribution in [-0.2, 0) is 16.0 Å². The van der Waals surface area contributed by atoms with Crippen LogP contribution < -0.4 is 10.3 Å². The highest BCUT2D eigenvalue weighted by Crippen LogP contribution is 2.28. The van der Waals surface area contributed by atoms with Gasteiger partial charge in [-0.2, -0.15) is 0 Å². The fourth-order valence-electron chi connectivity index (χ4n) is 3.61. The van der Waals surface area contributed by atoms with Gasteiger partial charge in [-0.25, -0.2) is 4.68 Å². The van der Waals surface area contributed by atoms with Crippen LogP contribution in [0, 0.1) is 0 Å². The van der Waals surface area contributed by atoms with Crippen molar-refractivity contribution in [1.82, 2.24) is 30.1 Å². The van der Waals surface area contributed by atoms with Crippen molar-refractivity contribution >= 4 is 10.9 Å². The number of rotatable bonds is 7. The Kier molecular flexibility index (Phi) is 5.84. The Morgan fingerprint density at radius 1 is 1.24 bits per heavy atom. The summed E-state index contributed by atoms with van der Waals surface area (Å²) in [6.45, 7) is 3.51. The maximum absolute atomic E-state index is 13.0. The molecule has 0 aliphatic carbocycles. The number of hydrogen-bond acceptors (Lipinski definition) is 8. The quantitative estimate of drug-likeness (QED) is 0.614. The summed E-state index contributed by atoms with van der Waals surface area (Å²) in [5.41, 5.74) is 1.17. The molecule has 3 heterocycles. The monoisotopic (exact) mass is 400 g/mol. The predicted molar refractivity (Wildman–Crippen MR) is 105 cm³/mol. The van der Waals surface area contributed by atoms with E-state index in [-0.39, 0.29) is 5.56 Å². The van der Waals surface area contributed by atoms with E-state index in [1.54, 1.807) is 18.9 Å². The molecule has 29 heavy (non-hydrogen) atoms. The van der Waals surface area contributed by atoms with Crippen molar-refractivity contribution in [2.45, 2.75) is 12.6 Å². The number of morpholine rings is 1. The second-order valence-electron chi connectivity index (χ2n) is 6.81. The fraction of sp³-hybridized carbons (Fsp3) is 0.474. The third-order valence-corrected chi connectivity index (χ3v) is 5.10. The molecule has 10 heteroatoms. The molecule has 1 aromatic carbocycles. The molecule has 1 N–H and O–H groups in total. The zero-order valence-electron chi connectivity index (χ0n) is 16.5. The highest BCUT2D eigenvalue weighted by Gasteiger charge is 2.31. The molecule has 0 saturated carbocycles. The number of nitrogens with one attached hydrogen (secondary N) is 1. The Hall–Kier alpha value is -2.82. The molecule has 1 fully saturated rings. The van der Waals surface area contributed by atoms with Crippen LogP contribution in [0.2, 0.25) is 0 Å². The number of H-pyrrole nitrogens is 1. The Morgan fingerprint density at radius 3 is 2.83 bits per heavy atom. The lowest BCUT2D eigenvalue weighted by Gasteiger charge is -2.33. The van der Waals surface area contributed by atoms with Crippen LogP contribution in [0.15, 0.2) is 29.1 Å². The summed E-state index contributed by atoms with van der Waals surface area (Å²) in [4.78, 5) is 18.2. The first-order valence-corrected chi connectivity index (χ1v) is 9.49. The number of ether oxygens (including phenoxy) is 3. The van der Waals surface area contributed by atoms with Crippen LogP contribution in [0.1, 0.15) is 17.4 Å². The van der Waals surface area contributed by atoms with Crippen LogP contribution in [0.3, 0.4) is 0 Å². The van der Waals surface area contributed by atoms with Gasteiger partial charge in [0.1, 0.15) is 11.8 Å². The van der Waals surface area contributed by atoms with Crippen molar-refractivity contribution in [3.05, 3.63) is 46.0 Å². The van der Waals surface area contributed by atoms with Gasteiger partial charge < -0.3 is 19.2 Å². The van der Waals surface area contributed by atoms with E-state index in [0.29, 0.717) is 50.8 Å². The summed E-state index contributed by atoms with van der Waals surface area (Å²) in [5, 5.41) is 13.1. The third kappa shape index (κ3) is 4.00. The third-order valence-electron chi connectivity index (χ3n) is 5.10. The smallest absolute Gasteiger partial charge is 0.253 e. The van der Waals surface area contributed by atoms with Gasteiger partial charge in [0.05, 0.1) is 33.5 Å².